The summed E-state index contributed by atoms with van der Waals surface area (Å²) >= 11 is 0. The second-order valence-electron chi connectivity index (χ2n) is 6.67. The first-order valence-corrected chi connectivity index (χ1v) is 8.97. The Kier molecular flexibility index (Phi) is 5.79. The second-order valence-corrected chi connectivity index (χ2v) is 6.67. The lowest BCUT2D eigenvalue weighted by atomic mass is 10.1. The lowest BCUT2D eigenvalue weighted by molar-refractivity contribution is -0.133. The molecule has 0 radical (unpaired) electrons. The molecule has 0 saturated carbocycles. The lowest BCUT2D eigenvalue weighted by Crippen LogP contribution is -1.95. The summed E-state index contributed by atoms with van der Waals surface area (Å²) < 4.78 is 5.96. The Morgan fingerprint density at radius 1 is 0.655 bits per heavy atom. The van der Waals surface area contributed by atoms with Crippen molar-refractivity contribution in [3.8, 4) is 22.6 Å². The fraction of sp³-hybridized carbons (Fsp3) is 0.0833. The van der Waals surface area contributed by atoms with E-state index in [4.69, 9.17) is 14.6 Å². The fourth-order valence-corrected chi connectivity index (χ4v) is 2.76. The number of hydrogen-bond donors (Lipinski definition) is 2. The van der Waals surface area contributed by atoms with Gasteiger partial charge in [-0.3, -0.25) is 0 Å². The summed E-state index contributed by atoms with van der Waals surface area (Å²) in [5.41, 5.74) is 3.93. The molecule has 0 unspecified atom stereocenters. The molecule has 146 valence electrons. The molecule has 0 atom stereocenters. The van der Waals surface area contributed by atoms with Crippen LogP contribution in [-0.4, -0.2) is 22.2 Å². The van der Waals surface area contributed by atoms with Gasteiger partial charge in [0.1, 0.15) is 11.5 Å². The molecule has 0 fully saturated rings. The Hall–Kier alpha value is -3.86. The number of carboxylic acids is 2. The topological polar surface area (TPSA) is 87.7 Å². The summed E-state index contributed by atoms with van der Waals surface area (Å²) in [4.78, 5) is 21.8. The Bertz CT molecular complexity index is 1010. The van der Waals surface area contributed by atoms with E-state index in [9.17, 15) is 9.59 Å². The highest BCUT2D eigenvalue weighted by atomic mass is 16.4. The first kappa shape index (κ1) is 19.9. The Balaban J connectivity index is 1.79. The zero-order valence-corrected chi connectivity index (χ0v) is 16.0. The molecule has 0 bridgehead atoms. The highest BCUT2D eigenvalue weighted by Gasteiger charge is 2.08. The van der Waals surface area contributed by atoms with Crippen molar-refractivity contribution in [2.24, 2.45) is 0 Å². The first-order chi connectivity index (χ1) is 13.8. The summed E-state index contributed by atoms with van der Waals surface area (Å²) in [7, 11) is 0. The minimum atomic E-state index is -0.940. The Morgan fingerprint density at radius 2 is 1.00 bits per heavy atom. The highest BCUT2D eigenvalue weighted by Crippen LogP contribution is 2.29. The number of benzene rings is 2. The minimum Gasteiger partial charge on any atom is -0.478 e. The molecule has 29 heavy (non-hydrogen) atoms. The summed E-state index contributed by atoms with van der Waals surface area (Å²) in [5, 5.41) is 17.9. The average molecular weight is 388 g/mol. The van der Waals surface area contributed by atoms with E-state index in [1.54, 1.807) is 26.0 Å². The minimum absolute atomic E-state index is 0.273. The van der Waals surface area contributed by atoms with Crippen molar-refractivity contribution < 1.29 is 24.2 Å². The van der Waals surface area contributed by atoms with Crippen LogP contribution in [0.2, 0.25) is 0 Å². The smallest absolute Gasteiger partial charge is 0.331 e. The van der Waals surface area contributed by atoms with Gasteiger partial charge in [-0.05, 0) is 49.3 Å². The molecule has 0 aliphatic heterocycles. The number of aliphatic carboxylic acids is 2. The molecule has 5 nitrogen and oxygen atoms in total. The molecule has 2 N–H and O–H groups in total. The van der Waals surface area contributed by atoms with E-state index in [1.807, 2.05) is 60.7 Å². The highest BCUT2D eigenvalue weighted by molar-refractivity contribution is 5.92. The van der Waals surface area contributed by atoms with Gasteiger partial charge in [0, 0.05) is 22.3 Å². The van der Waals surface area contributed by atoms with Crippen LogP contribution < -0.4 is 0 Å². The number of furan rings is 1. The van der Waals surface area contributed by atoms with Crippen LogP contribution in [0.4, 0.5) is 0 Å². The molecule has 0 aliphatic carbocycles. The molecule has 2 aromatic carbocycles. The van der Waals surface area contributed by atoms with Crippen molar-refractivity contribution in [1.82, 2.24) is 0 Å². The van der Waals surface area contributed by atoms with E-state index in [0.717, 1.165) is 22.3 Å². The van der Waals surface area contributed by atoms with Gasteiger partial charge in [0.05, 0.1) is 0 Å². The third-order valence-electron chi connectivity index (χ3n) is 4.44. The normalized spacial score (nSPS) is 12.1. The van der Waals surface area contributed by atoms with Gasteiger partial charge in [-0.2, -0.15) is 0 Å². The van der Waals surface area contributed by atoms with Gasteiger partial charge in [0.15, 0.2) is 0 Å². The van der Waals surface area contributed by atoms with E-state index in [2.05, 4.69) is 0 Å². The number of carboxylic acid groups (broad SMARTS) is 2. The van der Waals surface area contributed by atoms with Gasteiger partial charge in [0.25, 0.3) is 0 Å². The monoisotopic (exact) mass is 388 g/mol. The zero-order chi connectivity index (χ0) is 21.0. The molecule has 1 aromatic heterocycles. The van der Waals surface area contributed by atoms with Crippen molar-refractivity contribution in [3.63, 3.8) is 0 Å². The van der Waals surface area contributed by atoms with E-state index in [1.165, 1.54) is 0 Å². The molecule has 3 aromatic rings. The van der Waals surface area contributed by atoms with E-state index in [-0.39, 0.29) is 11.1 Å². The van der Waals surface area contributed by atoms with Crippen LogP contribution >= 0.6 is 0 Å². The van der Waals surface area contributed by atoms with Crippen LogP contribution in [0.1, 0.15) is 25.0 Å². The van der Waals surface area contributed by atoms with Crippen molar-refractivity contribution in [1.29, 1.82) is 0 Å². The summed E-state index contributed by atoms with van der Waals surface area (Å²) in [6.07, 6.45) is 3.23. The van der Waals surface area contributed by atoms with Gasteiger partial charge < -0.3 is 14.6 Å². The summed E-state index contributed by atoms with van der Waals surface area (Å²) in [5.74, 6) is -0.471. The maximum absolute atomic E-state index is 10.9. The molecule has 0 saturated heterocycles. The van der Waals surface area contributed by atoms with Gasteiger partial charge >= 0.3 is 11.9 Å². The maximum Gasteiger partial charge on any atom is 0.331 e. The van der Waals surface area contributed by atoms with Gasteiger partial charge in [-0.25, -0.2) is 9.59 Å². The number of carbonyl (C=O) groups is 2. The van der Waals surface area contributed by atoms with Crippen LogP contribution in [0.25, 0.3) is 34.8 Å². The molecular weight excluding hydrogens is 368 g/mol. The molecule has 5 heteroatoms. The van der Waals surface area contributed by atoms with E-state index >= 15 is 0 Å². The average Bonchev–Trinajstić information content (AvgIpc) is 3.19. The summed E-state index contributed by atoms with van der Waals surface area (Å²) in [6.45, 7) is 3.11. The van der Waals surface area contributed by atoms with Gasteiger partial charge in [0.2, 0.25) is 0 Å². The molecule has 0 amide bonds. The van der Waals surface area contributed by atoms with Crippen LogP contribution in [0.3, 0.4) is 0 Å². The molecule has 3 rings (SSSR count). The first-order valence-electron chi connectivity index (χ1n) is 8.97. The van der Waals surface area contributed by atoms with Crippen LogP contribution in [0.5, 0.6) is 0 Å². The number of rotatable bonds is 6. The van der Waals surface area contributed by atoms with Crippen LogP contribution in [0, 0.1) is 0 Å². The van der Waals surface area contributed by atoms with Crippen molar-refractivity contribution >= 4 is 24.1 Å². The largest absolute Gasteiger partial charge is 0.478 e. The fourth-order valence-electron chi connectivity index (χ4n) is 2.76. The molecule has 0 aliphatic rings. The zero-order valence-electron chi connectivity index (χ0n) is 16.0. The SMILES string of the molecule is CC(=Cc1ccc(-c2ccc(-c3ccc(C=C(C)C(=O)O)cc3)o2)cc1)C(=O)O. The number of hydrogen-bond acceptors (Lipinski definition) is 3. The third-order valence-corrected chi connectivity index (χ3v) is 4.44. The van der Waals surface area contributed by atoms with Gasteiger partial charge in [-0.15, -0.1) is 0 Å². The van der Waals surface area contributed by atoms with E-state index < -0.39 is 11.9 Å². The molecular formula is C24H20O5. The Morgan fingerprint density at radius 3 is 1.31 bits per heavy atom. The molecule has 1 heterocycles. The second kappa shape index (κ2) is 8.44. The van der Waals surface area contributed by atoms with Crippen molar-refractivity contribution in [2.45, 2.75) is 13.8 Å². The quantitative estimate of drug-likeness (QED) is 0.538. The summed E-state index contributed by atoms with van der Waals surface area (Å²) in [6, 6.07) is 18.7. The maximum atomic E-state index is 10.9. The Labute approximate surface area is 168 Å². The van der Waals surface area contributed by atoms with Crippen LogP contribution in [-0.2, 0) is 9.59 Å². The predicted octanol–water partition coefficient (Wildman–Crippen LogP) is 5.59. The van der Waals surface area contributed by atoms with E-state index in [0.29, 0.717) is 11.5 Å². The predicted molar refractivity (Wildman–Crippen MR) is 112 cm³/mol. The standard InChI is InChI=1S/C24H20O5/c1-15(23(25)26)13-17-3-7-19(8-4-17)21-11-12-22(29-21)20-9-5-18(6-10-20)14-16(2)24(27)28/h3-14H,1-2H3,(H,25,26)(H,27,28). The van der Waals surface area contributed by atoms with Gasteiger partial charge in [-0.1, -0.05) is 48.5 Å². The molecule has 0 spiro atoms. The lowest BCUT2D eigenvalue weighted by Gasteiger charge is -2.01. The van der Waals surface area contributed by atoms with Crippen molar-refractivity contribution in [3.05, 3.63) is 82.9 Å². The van der Waals surface area contributed by atoms with Crippen LogP contribution in [0.15, 0.2) is 76.2 Å². The third kappa shape index (κ3) is 4.90. The van der Waals surface area contributed by atoms with Crippen molar-refractivity contribution in [2.75, 3.05) is 0 Å².